The van der Waals surface area contributed by atoms with Crippen LogP contribution < -0.4 is 0 Å². The summed E-state index contributed by atoms with van der Waals surface area (Å²) in [4.78, 5) is 0. The molecule has 0 aliphatic carbocycles. The van der Waals surface area contributed by atoms with Crippen molar-refractivity contribution in [3.8, 4) is 11.6 Å². The van der Waals surface area contributed by atoms with Crippen molar-refractivity contribution < 1.29 is 4.42 Å². The minimum atomic E-state index is 0.763. The predicted molar refractivity (Wildman–Crippen MR) is 84.3 cm³/mol. The molecule has 0 spiro atoms. The number of hydrogen-bond donors (Lipinski definition) is 0. The second-order valence-corrected chi connectivity index (χ2v) is 5.67. The van der Waals surface area contributed by atoms with Crippen LogP contribution in [0, 0.1) is 0 Å². The lowest BCUT2D eigenvalue weighted by Gasteiger charge is -2.05. The number of aryl methyl sites for hydroxylation is 1. The Morgan fingerprint density at radius 3 is 2.67 bits per heavy atom. The van der Waals surface area contributed by atoms with E-state index in [4.69, 9.17) is 4.42 Å². The lowest BCUT2D eigenvalue weighted by Crippen LogP contribution is -2.00. The summed E-state index contributed by atoms with van der Waals surface area (Å²) in [5.74, 6) is 2.55. The Morgan fingerprint density at radius 2 is 1.95 bits per heavy atom. The van der Waals surface area contributed by atoms with Gasteiger partial charge in [0.1, 0.15) is 0 Å². The van der Waals surface area contributed by atoms with Crippen molar-refractivity contribution >= 4 is 11.8 Å². The number of aromatic nitrogens is 3. The Kier molecular flexibility index (Phi) is 4.40. The van der Waals surface area contributed by atoms with Crippen LogP contribution in [-0.2, 0) is 13.0 Å². The third-order valence-electron chi connectivity index (χ3n) is 3.24. The van der Waals surface area contributed by atoms with E-state index in [0.29, 0.717) is 0 Å². The van der Waals surface area contributed by atoms with Gasteiger partial charge in [-0.2, -0.15) is 0 Å². The molecule has 0 atom stereocenters. The molecule has 2 aromatic heterocycles. The van der Waals surface area contributed by atoms with Crippen molar-refractivity contribution in [3.63, 3.8) is 0 Å². The zero-order valence-corrected chi connectivity index (χ0v) is 12.7. The van der Waals surface area contributed by atoms with Gasteiger partial charge in [0, 0.05) is 12.3 Å². The number of furan rings is 1. The van der Waals surface area contributed by atoms with Gasteiger partial charge in [0.15, 0.2) is 16.7 Å². The predicted octanol–water partition coefficient (Wildman–Crippen LogP) is 3.89. The Balaban J connectivity index is 1.69. The summed E-state index contributed by atoms with van der Waals surface area (Å²) >= 11 is 1.73. The molecule has 5 heteroatoms. The van der Waals surface area contributed by atoms with Crippen LogP contribution in [0.1, 0.15) is 12.5 Å². The smallest absolute Gasteiger partial charge is 0.200 e. The van der Waals surface area contributed by atoms with Gasteiger partial charge in [0.05, 0.1) is 6.26 Å². The van der Waals surface area contributed by atoms with Gasteiger partial charge in [-0.3, -0.25) is 4.57 Å². The van der Waals surface area contributed by atoms with E-state index in [1.54, 1.807) is 18.0 Å². The van der Waals surface area contributed by atoms with Crippen molar-refractivity contribution in [1.29, 1.82) is 0 Å². The summed E-state index contributed by atoms with van der Waals surface area (Å²) < 4.78 is 7.51. The Labute approximate surface area is 128 Å². The third-order valence-corrected chi connectivity index (χ3v) is 4.21. The molecule has 0 unspecified atom stereocenters. The molecule has 0 aliphatic heterocycles. The molecule has 0 radical (unpaired) electrons. The van der Waals surface area contributed by atoms with Gasteiger partial charge in [-0.05, 0) is 31.0 Å². The topological polar surface area (TPSA) is 43.9 Å². The first-order valence-electron chi connectivity index (χ1n) is 7.02. The molecule has 108 valence electrons. The highest BCUT2D eigenvalue weighted by atomic mass is 32.2. The van der Waals surface area contributed by atoms with Crippen LogP contribution in [0.4, 0.5) is 0 Å². The summed E-state index contributed by atoms with van der Waals surface area (Å²) in [6, 6.07) is 14.3. The number of benzene rings is 1. The number of nitrogens with zero attached hydrogens (tertiary/aromatic N) is 3. The molecule has 0 fully saturated rings. The molecule has 0 saturated heterocycles. The van der Waals surface area contributed by atoms with E-state index in [-0.39, 0.29) is 0 Å². The van der Waals surface area contributed by atoms with E-state index < -0.39 is 0 Å². The normalized spacial score (nSPS) is 10.9. The molecule has 4 nitrogen and oxygen atoms in total. The van der Waals surface area contributed by atoms with Gasteiger partial charge in [-0.15, -0.1) is 10.2 Å². The first kappa shape index (κ1) is 13.9. The number of hydrogen-bond acceptors (Lipinski definition) is 4. The molecular weight excluding hydrogens is 282 g/mol. The fourth-order valence-corrected chi connectivity index (χ4v) is 3.16. The molecule has 0 N–H and O–H groups in total. The Bertz CT molecular complexity index is 677. The average Bonchev–Trinajstić information content (AvgIpc) is 3.17. The minimum absolute atomic E-state index is 0.763. The molecule has 0 saturated carbocycles. The van der Waals surface area contributed by atoms with E-state index in [2.05, 4.69) is 46.0 Å². The van der Waals surface area contributed by atoms with Crippen molar-refractivity contribution in [2.24, 2.45) is 0 Å². The highest BCUT2D eigenvalue weighted by Crippen LogP contribution is 2.24. The molecule has 21 heavy (non-hydrogen) atoms. The maximum atomic E-state index is 5.42. The fourth-order valence-electron chi connectivity index (χ4n) is 2.17. The molecule has 3 rings (SSSR count). The Hall–Kier alpha value is -2.01. The van der Waals surface area contributed by atoms with Crippen LogP contribution >= 0.6 is 11.8 Å². The van der Waals surface area contributed by atoms with Gasteiger partial charge in [-0.25, -0.2) is 0 Å². The quantitative estimate of drug-likeness (QED) is 0.648. The molecule has 1 aromatic carbocycles. The van der Waals surface area contributed by atoms with Crippen LogP contribution in [-0.4, -0.2) is 20.5 Å². The highest BCUT2D eigenvalue weighted by molar-refractivity contribution is 7.99. The lowest BCUT2D eigenvalue weighted by atomic mass is 10.2. The molecule has 3 aromatic rings. The zero-order chi connectivity index (χ0) is 14.5. The third kappa shape index (κ3) is 3.19. The first-order valence-corrected chi connectivity index (χ1v) is 8.01. The molecular formula is C16H17N3OS. The highest BCUT2D eigenvalue weighted by Gasteiger charge is 2.14. The standard InChI is InChI=1S/C16H17N3OS/c1-2-19-15(14-9-6-11-20-14)17-18-16(19)21-12-10-13-7-4-3-5-8-13/h3-9,11H,2,10,12H2,1H3. The van der Waals surface area contributed by atoms with E-state index >= 15 is 0 Å². The van der Waals surface area contributed by atoms with Crippen molar-refractivity contribution in [2.75, 3.05) is 5.75 Å². The van der Waals surface area contributed by atoms with Crippen molar-refractivity contribution in [2.45, 2.75) is 25.0 Å². The Morgan fingerprint density at radius 1 is 1.10 bits per heavy atom. The van der Waals surface area contributed by atoms with Gasteiger partial charge in [0.2, 0.25) is 0 Å². The molecule has 2 heterocycles. The second-order valence-electron chi connectivity index (χ2n) is 4.61. The average molecular weight is 299 g/mol. The largest absolute Gasteiger partial charge is 0.461 e. The first-order chi connectivity index (χ1) is 10.4. The lowest BCUT2D eigenvalue weighted by molar-refractivity contribution is 0.567. The molecule has 0 bridgehead atoms. The zero-order valence-electron chi connectivity index (χ0n) is 11.9. The van der Waals surface area contributed by atoms with Crippen LogP contribution in [0.2, 0.25) is 0 Å². The van der Waals surface area contributed by atoms with Crippen LogP contribution in [0.3, 0.4) is 0 Å². The second kappa shape index (κ2) is 6.63. The molecule has 0 amide bonds. The van der Waals surface area contributed by atoms with Crippen molar-refractivity contribution in [1.82, 2.24) is 14.8 Å². The fraction of sp³-hybridized carbons (Fsp3) is 0.250. The maximum Gasteiger partial charge on any atom is 0.200 e. The van der Waals surface area contributed by atoms with Crippen LogP contribution in [0.15, 0.2) is 58.3 Å². The monoisotopic (exact) mass is 299 g/mol. The van der Waals surface area contributed by atoms with E-state index in [1.165, 1.54) is 5.56 Å². The number of rotatable bonds is 6. The number of thioether (sulfide) groups is 1. The van der Waals surface area contributed by atoms with Gasteiger partial charge in [0.25, 0.3) is 0 Å². The van der Waals surface area contributed by atoms with Gasteiger partial charge >= 0.3 is 0 Å². The summed E-state index contributed by atoms with van der Waals surface area (Å²) in [7, 11) is 0. The minimum Gasteiger partial charge on any atom is -0.461 e. The van der Waals surface area contributed by atoms with E-state index in [9.17, 15) is 0 Å². The van der Waals surface area contributed by atoms with E-state index in [0.717, 1.165) is 35.5 Å². The van der Waals surface area contributed by atoms with Crippen LogP contribution in [0.5, 0.6) is 0 Å². The van der Waals surface area contributed by atoms with Gasteiger partial charge in [-0.1, -0.05) is 42.1 Å². The maximum absolute atomic E-state index is 5.42. The van der Waals surface area contributed by atoms with Gasteiger partial charge < -0.3 is 4.42 Å². The summed E-state index contributed by atoms with van der Waals surface area (Å²) in [6.07, 6.45) is 2.68. The van der Waals surface area contributed by atoms with Crippen molar-refractivity contribution in [3.05, 3.63) is 54.3 Å². The van der Waals surface area contributed by atoms with E-state index in [1.807, 2.05) is 18.2 Å². The summed E-state index contributed by atoms with van der Waals surface area (Å²) in [5, 5.41) is 9.49. The molecule has 0 aliphatic rings. The summed E-state index contributed by atoms with van der Waals surface area (Å²) in [6.45, 7) is 2.92. The van der Waals surface area contributed by atoms with Crippen LogP contribution in [0.25, 0.3) is 11.6 Å². The summed E-state index contributed by atoms with van der Waals surface area (Å²) in [5.41, 5.74) is 1.35. The SMILES string of the molecule is CCn1c(SCCc2ccccc2)nnc1-c1ccco1.